The average Bonchev–Trinajstić information content (AvgIpc) is 2.55. The van der Waals surface area contributed by atoms with Gasteiger partial charge < -0.3 is 5.01 Å². The van der Waals surface area contributed by atoms with Crippen molar-refractivity contribution in [2.45, 2.75) is 17.6 Å². The lowest BCUT2D eigenvalue weighted by atomic mass is 10.1. The number of hydrogen-bond donors (Lipinski definition) is 3. The molecule has 0 saturated carbocycles. The number of halogens is 2. The molecule has 0 aliphatic rings. The fourth-order valence-corrected chi connectivity index (χ4v) is 3.78. The van der Waals surface area contributed by atoms with E-state index in [-0.39, 0.29) is 5.82 Å². The number of carbonyl (C=O) groups excluding carboxylic acids is 1. The van der Waals surface area contributed by atoms with Gasteiger partial charge in [-0.05, 0) is 58.2 Å². The van der Waals surface area contributed by atoms with E-state index in [0.717, 1.165) is 31.9 Å². The average molecular weight is 415 g/mol. The highest BCUT2D eigenvalue weighted by Gasteiger charge is 2.10. The number of aryl methyl sites for hydroxylation is 1. The number of rotatable bonds is 5. The SMILES string of the molecule is Cc1cc(F)ccc1CSc1c(Br)cccc1N(C)N.NNC=O. The number of nitrogens with zero attached hydrogens (tertiary/aromatic N) is 1. The largest absolute Gasteiger partial charge is 0.313 e. The van der Waals surface area contributed by atoms with Gasteiger partial charge in [0.25, 0.3) is 0 Å². The second kappa shape index (κ2) is 10.3. The third-order valence-electron chi connectivity index (χ3n) is 3.07. The molecule has 0 spiro atoms. The van der Waals surface area contributed by atoms with Crippen LogP contribution in [0.5, 0.6) is 0 Å². The zero-order valence-electron chi connectivity index (χ0n) is 13.4. The number of hydrazine groups is 2. The molecular weight excluding hydrogens is 395 g/mol. The third kappa shape index (κ3) is 6.12. The molecule has 2 aromatic rings. The van der Waals surface area contributed by atoms with E-state index in [2.05, 4.69) is 21.8 Å². The zero-order valence-corrected chi connectivity index (χ0v) is 15.8. The number of nitrogens with two attached hydrogens (primary N) is 2. The molecule has 0 heterocycles. The van der Waals surface area contributed by atoms with E-state index >= 15 is 0 Å². The van der Waals surface area contributed by atoms with Crippen LogP contribution in [-0.4, -0.2) is 13.5 Å². The highest BCUT2D eigenvalue weighted by Crippen LogP contribution is 2.37. The first-order chi connectivity index (χ1) is 11.4. The molecule has 0 radical (unpaired) electrons. The molecule has 2 rings (SSSR count). The van der Waals surface area contributed by atoms with Gasteiger partial charge in [0.2, 0.25) is 6.41 Å². The van der Waals surface area contributed by atoms with Gasteiger partial charge in [-0.3, -0.25) is 10.2 Å². The molecule has 1 amide bonds. The molecule has 0 atom stereocenters. The van der Waals surface area contributed by atoms with Gasteiger partial charge >= 0.3 is 0 Å². The number of hydrogen-bond acceptors (Lipinski definition) is 5. The van der Waals surface area contributed by atoms with Crippen molar-refractivity contribution in [1.82, 2.24) is 5.43 Å². The Morgan fingerprint density at radius 2 is 2.04 bits per heavy atom. The summed E-state index contributed by atoms with van der Waals surface area (Å²) in [6, 6.07) is 10.8. The minimum Gasteiger partial charge on any atom is -0.313 e. The van der Waals surface area contributed by atoms with E-state index < -0.39 is 0 Å². The molecule has 0 aliphatic heterocycles. The molecule has 5 N–H and O–H groups in total. The van der Waals surface area contributed by atoms with Gasteiger partial charge in [0, 0.05) is 22.2 Å². The topological polar surface area (TPSA) is 84.4 Å². The number of anilines is 1. The molecule has 0 aliphatic carbocycles. The third-order valence-corrected chi connectivity index (χ3v) is 5.17. The fourth-order valence-electron chi connectivity index (χ4n) is 1.89. The smallest absolute Gasteiger partial charge is 0.221 e. The second-order valence-electron chi connectivity index (χ2n) is 4.84. The first kappa shape index (κ1) is 20.4. The van der Waals surface area contributed by atoms with E-state index in [0.29, 0.717) is 6.41 Å². The highest BCUT2D eigenvalue weighted by atomic mass is 79.9. The maximum Gasteiger partial charge on any atom is 0.221 e. The van der Waals surface area contributed by atoms with Gasteiger partial charge in [0.15, 0.2) is 0 Å². The van der Waals surface area contributed by atoms with Gasteiger partial charge in [-0.1, -0.05) is 12.1 Å². The number of amides is 1. The van der Waals surface area contributed by atoms with E-state index in [1.807, 2.05) is 38.2 Å². The van der Waals surface area contributed by atoms with Gasteiger partial charge in [0.05, 0.1) is 5.69 Å². The second-order valence-corrected chi connectivity index (χ2v) is 6.68. The summed E-state index contributed by atoms with van der Waals surface area (Å²) in [7, 11) is 1.81. The van der Waals surface area contributed by atoms with Crippen molar-refractivity contribution in [2.75, 3.05) is 12.1 Å². The minimum absolute atomic E-state index is 0.195. The van der Waals surface area contributed by atoms with Crippen molar-refractivity contribution < 1.29 is 9.18 Å². The number of carbonyl (C=O) groups is 1. The lowest BCUT2D eigenvalue weighted by molar-refractivity contribution is -0.109. The summed E-state index contributed by atoms with van der Waals surface area (Å²) in [5.41, 5.74) is 4.80. The predicted octanol–water partition coefficient (Wildman–Crippen LogP) is 3.10. The normalized spacial score (nSPS) is 9.75. The molecule has 0 aromatic heterocycles. The summed E-state index contributed by atoms with van der Waals surface area (Å²) in [5, 5.41) is 1.60. The van der Waals surface area contributed by atoms with Gasteiger partial charge in [-0.2, -0.15) is 0 Å². The van der Waals surface area contributed by atoms with Crippen molar-refractivity contribution in [2.24, 2.45) is 11.7 Å². The van der Waals surface area contributed by atoms with Crippen LogP contribution in [0, 0.1) is 12.7 Å². The van der Waals surface area contributed by atoms with Crippen LogP contribution in [0.25, 0.3) is 0 Å². The Morgan fingerprint density at radius 1 is 1.38 bits per heavy atom. The standard InChI is InChI=1S/C15H16BrFN2S.CH4N2O/c1-10-8-12(17)7-6-11(10)9-20-15-13(16)4-3-5-14(15)19(2)18;2-3-1-4/h3-8H,9,18H2,1-2H3;1H,2H2,(H,3,4). The highest BCUT2D eigenvalue weighted by molar-refractivity contribution is 9.10. The van der Waals surface area contributed by atoms with Crippen molar-refractivity contribution in [3.05, 3.63) is 57.8 Å². The van der Waals surface area contributed by atoms with Crippen molar-refractivity contribution >= 4 is 39.8 Å². The maximum atomic E-state index is 13.1. The van der Waals surface area contributed by atoms with Crippen LogP contribution in [0.15, 0.2) is 45.8 Å². The Hall–Kier alpha value is -1.61. The Morgan fingerprint density at radius 3 is 2.58 bits per heavy atom. The van der Waals surface area contributed by atoms with E-state index in [1.165, 1.54) is 6.07 Å². The minimum atomic E-state index is -0.195. The monoisotopic (exact) mass is 414 g/mol. The lowest BCUT2D eigenvalue weighted by Crippen LogP contribution is -2.25. The van der Waals surface area contributed by atoms with Crippen LogP contribution in [0.2, 0.25) is 0 Å². The van der Waals surface area contributed by atoms with Crippen LogP contribution in [-0.2, 0) is 10.5 Å². The molecule has 24 heavy (non-hydrogen) atoms. The molecule has 2 aromatic carbocycles. The first-order valence-electron chi connectivity index (χ1n) is 6.95. The summed E-state index contributed by atoms with van der Waals surface area (Å²) in [6.45, 7) is 1.93. The molecule has 0 fully saturated rings. The van der Waals surface area contributed by atoms with E-state index in [4.69, 9.17) is 10.6 Å². The van der Waals surface area contributed by atoms with Gasteiger partial charge in [-0.15, -0.1) is 11.8 Å². The van der Waals surface area contributed by atoms with Gasteiger partial charge in [0.1, 0.15) is 5.82 Å². The van der Waals surface area contributed by atoms with E-state index in [9.17, 15) is 4.39 Å². The summed E-state index contributed by atoms with van der Waals surface area (Å²) in [5.74, 6) is 10.8. The van der Waals surface area contributed by atoms with Crippen molar-refractivity contribution in [1.29, 1.82) is 0 Å². The predicted molar refractivity (Wildman–Crippen MR) is 101 cm³/mol. The number of thioether (sulfide) groups is 1. The van der Waals surface area contributed by atoms with Crippen LogP contribution < -0.4 is 22.1 Å². The van der Waals surface area contributed by atoms with Crippen LogP contribution in [0.4, 0.5) is 10.1 Å². The van der Waals surface area contributed by atoms with Crippen molar-refractivity contribution in [3.63, 3.8) is 0 Å². The van der Waals surface area contributed by atoms with E-state index in [1.54, 1.807) is 28.3 Å². The lowest BCUT2D eigenvalue weighted by Gasteiger charge is -2.18. The summed E-state index contributed by atoms with van der Waals surface area (Å²) in [6.07, 6.45) is 0.403. The molecule has 0 saturated heterocycles. The van der Waals surface area contributed by atoms with Crippen LogP contribution >= 0.6 is 27.7 Å². The molecule has 5 nitrogen and oxygen atoms in total. The Kier molecular flexibility index (Phi) is 8.77. The maximum absolute atomic E-state index is 13.1. The fraction of sp³-hybridized carbons (Fsp3) is 0.188. The molecule has 0 unspecified atom stereocenters. The summed E-state index contributed by atoms with van der Waals surface area (Å²) >= 11 is 5.24. The quantitative estimate of drug-likeness (QED) is 0.230. The zero-order chi connectivity index (χ0) is 18.1. The molecular formula is C16H20BrFN4OS. The van der Waals surface area contributed by atoms with Crippen LogP contribution in [0.1, 0.15) is 11.1 Å². The van der Waals surface area contributed by atoms with Crippen LogP contribution in [0.3, 0.4) is 0 Å². The van der Waals surface area contributed by atoms with Crippen molar-refractivity contribution in [3.8, 4) is 0 Å². The number of nitrogens with one attached hydrogen (secondary N) is 1. The Labute approximate surface area is 153 Å². The molecule has 0 bridgehead atoms. The summed E-state index contributed by atoms with van der Waals surface area (Å²) < 4.78 is 14.1. The molecule has 130 valence electrons. The Bertz CT molecular complexity index is 685. The number of benzene rings is 2. The Balaban J connectivity index is 0.000000648. The first-order valence-corrected chi connectivity index (χ1v) is 8.73. The summed E-state index contributed by atoms with van der Waals surface area (Å²) in [4.78, 5) is 10.0. The molecule has 8 heteroatoms. The van der Waals surface area contributed by atoms with Gasteiger partial charge in [-0.25, -0.2) is 16.1 Å².